The van der Waals surface area contributed by atoms with Crippen LogP contribution in [0.2, 0.25) is 0 Å². The average molecular weight is 347 g/mol. The van der Waals surface area contributed by atoms with E-state index < -0.39 is 0 Å². The molecule has 0 radical (unpaired) electrons. The summed E-state index contributed by atoms with van der Waals surface area (Å²) in [7, 11) is 1.62. The lowest BCUT2D eigenvalue weighted by molar-refractivity contribution is -0.121. The first-order chi connectivity index (χ1) is 9.60. The molecule has 20 heavy (non-hydrogen) atoms. The Morgan fingerprint density at radius 2 is 2.20 bits per heavy atom. The summed E-state index contributed by atoms with van der Waals surface area (Å²) in [5.74, 6) is 0.0359. The lowest BCUT2D eigenvalue weighted by Crippen LogP contribution is -2.30. The van der Waals surface area contributed by atoms with Crippen molar-refractivity contribution in [1.29, 1.82) is 0 Å². The summed E-state index contributed by atoms with van der Waals surface area (Å²) in [6, 6.07) is 0. The fourth-order valence-corrected chi connectivity index (χ4v) is 2.25. The fraction of sp³-hybridized carbons (Fsp3) is 0.692. The molecular weight excluding hydrogens is 324 g/mol. The summed E-state index contributed by atoms with van der Waals surface area (Å²) in [6.07, 6.45) is 0.459. The van der Waals surface area contributed by atoms with E-state index in [1.807, 2.05) is 11.6 Å². The number of methoxy groups -OCH3 is 1. The van der Waals surface area contributed by atoms with Gasteiger partial charge in [-0.2, -0.15) is 5.10 Å². The van der Waals surface area contributed by atoms with E-state index in [0.717, 1.165) is 22.4 Å². The summed E-state index contributed by atoms with van der Waals surface area (Å²) in [5.41, 5.74) is 2.10. The lowest BCUT2D eigenvalue weighted by Gasteiger charge is -2.08. The minimum absolute atomic E-state index is 0.0359. The zero-order valence-corrected chi connectivity index (χ0v) is 13.9. The number of aryl methyl sites for hydroxylation is 2. The highest BCUT2D eigenvalue weighted by Crippen LogP contribution is 2.20. The van der Waals surface area contributed by atoms with Crippen LogP contribution in [0.25, 0.3) is 0 Å². The minimum Gasteiger partial charge on any atom is -0.383 e. The molecule has 1 aromatic rings. The van der Waals surface area contributed by atoms with Crippen molar-refractivity contribution in [3.05, 3.63) is 15.9 Å². The topological polar surface area (TPSA) is 68.2 Å². The normalized spacial score (nSPS) is 10.8. The van der Waals surface area contributed by atoms with Crippen molar-refractivity contribution in [1.82, 2.24) is 20.4 Å². The van der Waals surface area contributed by atoms with Gasteiger partial charge in [-0.15, -0.1) is 0 Å². The van der Waals surface area contributed by atoms with E-state index in [1.165, 1.54) is 0 Å². The highest BCUT2D eigenvalue weighted by atomic mass is 79.9. The second-order valence-electron chi connectivity index (χ2n) is 4.43. The van der Waals surface area contributed by atoms with E-state index in [9.17, 15) is 4.79 Å². The molecule has 0 saturated heterocycles. The van der Waals surface area contributed by atoms with Gasteiger partial charge in [0.05, 0.1) is 22.5 Å². The van der Waals surface area contributed by atoms with Crippen LogP contribution < -0.4 is 10.6 Å². The van der Waals surface area contributed by atoms with Crippen LogP contribution in [0.3, 0.4) is 0 Å². The Morgan fingerprint density at radius 1 is 1.45 bits per heavy atom. The Balaban J connectivity index is 2.29. The van der Waals surface area contributed by atoms with Gasteiger partial charge in [0.2, 0.25) is 5.91 Å². The molecule has 0 aliphatic heterocycles. The first-order valence-electron chi connectivity index (χ1n) is 6.78. The molecule has 6 nitrogen and oxygen atoms in total. The van der Waals surface area contributed by atoms with Crippen molar-refractivity contribution in [2.45, 2.75) is 33.4 Å². The predicted molar refractivity (Wildman–Crippen MR) is 81.5 cm³/mol. The minimum atomic E-state index is 0.0359. The number of nitrogens with zero attached hydrogens (tertiary/aromatic N) is 2. The van der Waals surface area contributed by atoms with Crippen LogP contribution in [0.5, 0.6) is 0 Å². The third-order valence-corrected chi connectivity index (χ3v) is 3.93. The van der Waals surface area contributed by atoms with Gasteiger partial charge in [0.15, 0.2) is 0 Å². The second-order valence-corrected chi connectivity index (χ2v) is 5.22. The van der Waals surface area contributed by atoms with Crippen molar-refractivity contribution < 1.29 is 9.53 Å². The molecule has 0 spiro atoms. The molecule has 0 aliphatic rings. The fourth-order valence-electron chi connectivity index (χ4n) is 1.83. The SMILES string of the molecule is CCn1nc(C)c(Br)c1CNCCC(=O)NCCOC. The van der Waals surface area contributed by atoms with Crippen LogP contribution in [0, 0.1) is 6.92 Å². The van der Waals surface area contributed by atoms with E-state index in [2.05, 4.69) is 38.6 Å². The number of carbonyl (C=O) groups excluding carboxylic acids is 1. The first-order valence-corrected chi connectivity index (χ1v) is 7.57. The van der Waals surface area contributed by atoms with E-state index in [1.54, 1.807) is 7.11 Å². The molecule has 0 bridgehead atoms. The van der Waals surface area contributed by atoms with E-state index in [0.29, 0.717) is 32.7 Å². The molecule has 7 heteroatoms. The third kappa shape index (κ3) is 5.22. The maximum atomic E-state index is 11.5. The molecule has 0 unspecified atom stereocenters. The van der Waals surface area contributed by atoms with Crippen molar-refractivity contribution in [3.8, 4) is 0 Å². The zero-order chi connectivity index (χ0) is 15.0. The van der Waals surface area contributed by atoms with Crippen molar-refractivity contribution in [2.24, 2.45) is 0 Å². The maximum Gasteiger partial charge on any atom is 0.221 e. The smallest absolute Gasteiger partial charge is 0.221 e. The molecule has 2 N–H and O–H groups in total. The number of carbonyl (C=O) groups is 1. The van der Waals surface area contributed by atoms with Crippen LogP contribution >= 0.6 is 15.9 Å². The highest BCUT2D eigenvalue weighted by Gasteiger charge is 2.11. The highest BCUT2D eigenvalue weighted by molar-refractivity contribution is 9.10. The van der Waals surface area contributed by atoms with Crippen molar-refractivity contribution in [2.75, 3.05) is 26.8 Å². The Labute approximate surface area is 128 Å². The van der Waals surface area contributed by atoms with Gasteiger partial charge in [0.25, 0.3) is 0 Å². The number of nitrogens with one attached hydrogen (secondary N) is 2. The van der Waals surface area contributed by atoms with E-state index in [4.69, 9.17) is 4.74 Å². The lowest BCUT2D eigenvalue weighted by atomic mass is 10.3. The molecular formula is C13H23BrN4O2. The van der Waals surface area contributed by atoms with Gasteiger partial charge in [0.1, 0.15) is 0 Å². The molecule has 1 rings (SSSR count). The van der Waals surface area contributed by atoms with Crippen LogP contribution in [-0.2, 0) is 22.6 Å². The Bertz CT molecular complexity index is 434. The zero-order valence-electron chi connectivity index (χ0n) is 12.3. The third-order valence-electron chi connectivity index (χ3n) is 2.90. The van der Waals surface area contributed by atoms with Crippen LogP contribution in [0.15, 0.2) is 4.47 Å². The summed E-state index contributed by atoms with van der Waals surface area (Å²) in [4.78, 5) is 11.5. The molecule has 0 fully saturated rings. The van der Waals surface area contributed by atoms with Gasteiger partial charge < -0.3 is 15.4 Å². The number of aromatic nitrogens is 2. The summed E-state index contributed by atoms with van der Waals surface area (Å²) >= 11 is 3.55. The molecule has 1 amide bonds. The Hall–Kier alpha value is -0.920. The second kappa shape index (κ2) is 9.10. The van der Waals surface area contributed by atoms with E-state index >= 15 is 0 Å². The Morgan fingerprint density at radius 3 is 2.85 bits per heavy atom. The quantitative estimate of drug-likeness (QED) is 0.659. The van der Waals surface area contributed by atoms with Gasteiger partial charge in [-0.05, 0) is 29.8 Å². The number of hydrogen-bond donors (Lipinski definition) is 2. The summed E-state index contributed by atoms with van der Waals surface area (Å²) in [5, 5.41) is 10.5. The monoisotopic (exact) mass is 346 g/mol. The number of halogens is 1. The van der Waals surface area contributed by atoms with Gasteiger partial charge in [0, 0.05) is 39.7 Å². The molecule has 114 valence electrons. The molecule has 0 aromatic carbocycles. The largest absolute Gasteiger partial charge is 0.383 e. The number of hydrogen-bond acceptors (Lipinski definition) is 4. The van der Waals surface area contributed by atoms with Crippen LogP contribution in [0.4, 0.5) is 0 Å². The predicted octanol–water partition coefficient (Wildman–Crippen LogP) is 1.22. The molecule has 0 atom stereocenters. The molecule has 0 aliphatic carbocycles. The molecule has 1 heterocycles. The van der Waals surface area contributed by atoms with Crippen molar-refractivity contribution >= 4 is 21.8 Å². The Kier molecular flexibility index (Phi) is 7.79. The van der Waals surface area contributed by atoms with Gasteiger partial charge in [-0.3, -0.25) is 9.48 Å². The maximum absolute atomic E-state index is 11.5. The first kappa shape index (κ1) is 17.1. The summed E-state index contributed by atoms with van der Waals surface area (Å²) < 4.78 is 7.87. The number of ether oxygens (including phenoxy) is 1. The summed E-state index contributed by atoms with van der Waals surface area (Å²) in [6.45, 7) is 7.30. The van der Waals surface area contributed by atoms with E-state index in [-0.39, 0.29) is 5.91 Å². The number of rotatable bonds is 9. The van der Waals surface area contributed by atoms with Gasteiger partial charge in [-0.25, -0.2) is 0 Å². The van der Waals surface area contributed by atoms with Gasteiger partial charge >= 0.3 is 0 Å². The van der Waals surface area contributed by atoms with Gasteiger partial charge in [-0.1, -0.05) is 0 Å². The van der Waals surface area contributed by atoms with Crippen LogP contribution in [0.1, 0.15) is 24.7 Å². The van der Waals surface area contributed by atoms with Crippen molar-refractivity contribution in [3.63, 3.8) is 0 Å². The van der Waals surface area contributed by atoms with Crippen LogP contribution in [-0.4, -0.2) is 42.5 Å². The number of amides is 1. The average Bonchev–Trinajstić information content (AvgIpc) is 2.71. The molecule has 1 aromatic heterocycles. The standard InChI is InChI=1S/C13H23BrN4O2/c1-4-18-11(13(14)10(2)17-18)9-15-6-5-12(19)16-7-8-20-3/h15H,4-9H2,1-3H3,(H,16,19). The molecule has 0 saturated carbocycles.